The minimum absolute atomic E-state index is 0.113. The topological polar surface area (TPSA) is 96.5 Å². The number of aromatic nitrogens is 1. The molecule has 0 unspecified atom stereocenters. The van der Waals surface area contributed by atoms with Gasteiger partial charge in [0.05, 0.1) is 17.0 Å². The molecule has 0 saturated heterocycles. The molecule has 5 aromatic rings. The van der Waals surface area contributed by atoms with Crippen LogP contribution in [0.15, 0.2) is 95.2 Å². The lowest BCUT2D eigenvalue weighted by Gasteiger charge is -2.10. The molecule has 7 heteroatoms. The van der Waals surface area contributed by atoms with Crippen molar-refractivity contribution in [3.05, 3.63) is 113 Å². The summed E-state index contributed by atoms with van der Waals surface area (Å²) in [7, 11) is -3.56. The first kappa shape index (κ1) is 23.1. The molecule has 1 aromatic heterocycles. The molecule has 0 aliphatic carbocycles. The Hall–Kier alpha value is -4.36. The van der Waals surface area contributed by atoms with Crippen molar-refractivity contribution in [1.82, 2.24) is 4.98 Å². The van der Waals surface area contributed by atoms with Crippen molar-refractivity contribution in [2.75, 3.05) is 6.61 Å². The Morgan fingerprint density at radius 1 is 0.838 bits per heavy atom. The number of hydrogen-bond donors (Lipinski definition) is 2. The van der Waals surface area contributed by atoms with E-state index in [4.69, 9.17) is 4.74 Å². The van der Waals surface area contributed by atoms with Crippen LogP contribution in [-0.4, -0.2) is 31.1 Å². The zero-order valence-corrected chi connectivity index (χ0v) is 20.6. The maximum atomic E-state index is 12.7. The van der Waals surface area contributed by atoms with E-state index in [2.05, 4.69) is 4.98 Å². The van der Waals surface area contributed by atoms with Crippen LogP contribution in [0.3, 0.4) is 0 Å². The average molecular weight is 510 g/mol. The molecular weight excluding hydrogens is 486 g/mol. The first-order valence-corrected chi connectivity index (χ1v) is 13.5. The molecule has 0 spiro atoms. The highest BCUT2D eigenvalue weighted by molar-refractivity contribution is 7.95. The van der Waals surface area contributed by atoms with Crippen LogP contribution in [-0.2, 0) is 16.3 Å². The Balaban J connectivity index is 1.32. The van der Waals surface area contributed by atoms with Gasteiger partial charge in [0, 0.05) is 32.9 Å². The van der Waals surface area contributed by atoms with Gasteiger partial charge in [0.25, 0.3) is 0 Å². The fourth-order valence-electron chi connectivity index (χ4n) is 5.12. The zero-order chi connectivity index (χ0) is 25.6. The number of aryl methyl sites for hydroxylation is 1. The maximum Gasteiger partial charge on any atom is 0.352 e. The Morgan fingerprint density at radius 3 is 2.41 bits per heavy atom. The lowest BCUT2D eigenvalue weighted by Crippen LogP contribution is -2.04. The van der Waals surface area contributed by atoms with E-state index >= 15 is 0 Å². The number of benzene rings is 4. The van der Waals surface area contributed by atoms with Gasteiger partial charge >= 0.3 is 5.97 Å². The third-order valence-electron chi connectivity index (χ3n) is 6.78. The molecule has 1 aliphatic heterocycles. The summed E-state index contributed by atoms with van der Waals surface area (Å²) in [5.74, 6) is -0.258. The van der Waals surface area contributed by atoms with Crippen molar-refractivity contribution >= 4 is 43.1 Å². The summed E-state index contributed by atoms with van der Waals surface area (Å²) in [4.78, 5) is 15.5. The Labute approximate surface area is 213 Å². The van der Waals surface area contributed by atoms with Crippen LogP contribution in [0.4, 0.5) is 0 Å². The minimum Gasteiger partial charge on any atom is -0.493 e. The van der Waals surface area contributed by atoms with E-state index in [1.165, 1.54) is 5.41 Å². The molecule has 0 saturated carbocycles. The van der Waals surface area contributed by atoms with Crippen LogP contribution in [0.1, 0.15) is 33.6 Å². The number of para-hydroxylation sites is 1. The molecule has 37 heavy (non-hydrogen) atoms. The van der Waals surface area contributed by atoms with Gasteiger partial charge in [-0.15, -0.1) is 0 Å². The van der Waals surface area contributed by atoms with Crippen molar-refractivity contribution in [3.8, 4) is 5.75 Å². The highest BCUT2D eigenvalue weighted by atomic mass is 32.2. The predicted molar refractivity (Wildman–Crippen MR) is 144 cm³/mol. The van der Waals surface area contributed by atoms with Gasteiger partial charge < -0.3 is 14.8 Å². The summed E-state index contributed by atoms with van der Waals surface area (Å²) < 4.78 is 31.5. The van der Waals surface area contributed by atoms with Crippen LogP contribution in [0.25, 0.3) is 27.2 Å². The number of fused-ring (bicyclic) bond motifs is 3. The van der Waals surface area contributed by atoms with Gasteiger partial charge in [-0.1, -0.05) is 72.8 Å². The summed E-state index contributed by atoms with van der Waals surface area (Å²) in [6, 6.07) is 26.3. The molecule has 0 amide bonds. The van der Waals surface area contributed by atoms with Crippen molar-refractivity contribution < 1.29 is 23.1 Å². The van der Waals surface area contributed by atoms with E-state index in [1.54, 1.807) is 24.3 Å². The van der Waals surface area contributed by atoms with Gasteiger partial charge in [0.15, 0.2) is 0 Å². The second kappa shape index (κ2) is 8.94. The summed E-state index contributed by atoms with van der Waals surface area (Å²) in [5, 5.41) is 14.1. The molecule has 0 atom stereocenters. The molecule has 1 aliphatic rings. The molecule has 0 fully saturated rings. The number of ether oxygens (including phenoxy) is 1. The molecule has 4 aromatic carbocycles. The largest absolute Gasteiger partial charge is 0.493 e. The van der Waals surface area contributed by atoms with E-state index in [0.717, 1.165) is 21.9 Å². The van der Waals surface area contributed by atoms with Gasteiger partial charge in [-0.3, -0.25) is 0 Å². The molecule has 0 bridgehead atoms. The van der Waals surface area contributed by atoms with Gasteiger partial charge in [-0.25, -0.2) is 13.2 Å². The maximum absolute atomic E-state index is 12.7. The monoisotopic (exact) mass is 509 g/mol. The first-order valence-electron chi connectivity index (χ1n) is 12.0. The van der Waals surface area contributed by atoms with Crippen molar-refractivity contribution in [2.24, 2.45) is 0 Å². The fourth-order valence-corrected chi connectivity index (χ4v) is 6.56. The first-order chi connectivity index (χ1) is 17.9. The quantitative estimate of drug-likeness (QED) is 0.254. The number of carboxylic acid groups (broad SMARTS) is 1. The highest BCUT2D eigenvalue weighted by Crippen LogP contribution is 2.40. The van der Waals surface area contributed by atoms with Crippen molar-refractivity contribution in [1.29, 1.82) is 0 Å². The van der Waals surface area contributed by atoms with E-state index in [-0.39, 0.29) is 10.6 Å². The third kappa shape index (κ3) is 3.97. The van der Waals surface area contributed by atoms with Crippen LogP contribution in [0.2, 0.25) is 0 Å². The number of H-pyrrole nitrogens is 1. The fraction of sp³-hybridized carbons (Fsp3) is 0.100. The van der Waals surface area contributed by atoms with E-state index in [1.807, 2.05) is 60.7 Å². The van der Waals surface area contributed by atoms with Crippen LogP contribution >= 0.6 is 0 Å². The summed E-state index contributed by atoms with van der Waals surface area (Å²) in [6.45, 7) is 0.427. The molecule has 184 valence electrons. The zero-order valence-electron chi connectivity index (χ0n) is 19.8. The SMILES string of the molecule is O=C(O)c1[nH]c2c(C3=CS(=O)(=O)c4ccccc43)cccc2c1CCCOc1cccc2ccccc12. The molecule has 6 nitrogen and oxygen atoms in total. The number of carboxylic acids is 1. The number of hydrogen-bond acceptors (Lipinski definition) is 4. The number of rotatable bonds is 7. The average Bonchev–Trinajstić information content (AvgIpc) is 3.42. The van der Waals surface area contributed by atoms with Gasteiger partial charge in [-0.2, -0.15) is 0 Å². The number of aromatic carboxylic acids is 1. The number of sulfone groups is 1. The lowest BCUT2D eigenvalue weighted by molar-refractivity contribution is 0.0690. The van der Waals surface area contributed by atoms with Crippen molar-refractivity contribution in [2.45, 2.75) is 17.7 Å². The standard InChI is InChI=1S/C30H23NO5S/c32-30(33)29-23(14-7-17-36-26-15-5-9-19-8-1-2-10-20(19)26)22-12-6-13-24(28(22)31-29)25-18-37(34,35)27-16-4-3-11-21(25)27/h1-6,8-13,15-16,18,31H,7,14,17H2,(H,32,33). The molecule has 6 rings (SSSR count). The summed E-state index contributed by atoms with van der Waals surface area (Å²) >= 11 is 0. The van der Waals surface area contributed by atoms with Crippen LogP contribution < -0.4 is 4.74 Å². The van der Waals surface area contributed by atoms with Gasteiger partial charge in [0.2, 0.25) is 9.84 Å². The third-order valence-corrected chi connectivity index (χ3v) is 8.30. The lowest BCUT2D eigenvalue weighted by atomic mass is 9.96. The smallest absolute Gasteiger partial charge is 0.352 e. The van der Waals surface area contributed by atoms with E-state index in [0.29, 0.717) is 47.2 Å². The number of carbonyl (C=O) groups is 1. The van der Waals surface area contributed by atoms with Crippen LogP contribution in [0, 0.1) is 0 Å². The highest BCUT2D eigenvalue weighted by Gasteiger charge is 2.29. The summed E-state index contributed by atoms with van der Waals surface area (Å²) in [6.07, 6.45) is 1.10. The van der Waals surface area contributed by atoms with E-state index in [9.17, 15) is 18.3 Å². The second-order valence-corrected chi connectivity index (χ2v) is 10.8. The Bertz CT molecular complexity index is 1830. The molecule has 2 N–H and O–H groups in total. The molecular formula is C30H23NO5S. The predicted octanol–water partition coefficient (Wildman–Crippen LogP) is 6.21. The van der Waals surface area contributed by atoms with E-state index < -0.39 is 15.8 Å². The molecule has 2 heterocycles. The Morgan fingerprint density at radius 2 is 1.54 bits per heavy atom. The number of nitrogens with one attached hydrogen (secondary N) is 1. The van der Waals surface area contributed by atoms with Gasteiger partial charge in [0.1, 0.15) is 11.4 Å². The second-order valence-electron chi connectivity index (χ2n) is 9.01. The Kier molecular flexibility index (Phi) is 5.57. The van der Waals surface area contributed by atoms with Crippen LogP contribution in [0.5, 0.6) is 5.75 Å². The minimum atomic E-state index is -3.56. The number of aromatic amines is 1. The molecule has 0 radical (unpaired) electrons. The normalized spacial score (nSPS) is 14.0. The summed E-state index contributed by atoms with van der Waals surface area (Å²) in [5.41, 5.74) is 3.24. The van der Waals surface area contributed by atoms with Crippen molar-refractivity contribution in [3.63, 3.8) is 0 Å². The van der Waals surface area contributed by atoms with Gasteiger partial charge in [-0.05, 0) is 35.9 Å².